The van der Waals surface area contributed by atoms with Crippen molar-refractivity contribution < 1.29 is 4.79 Å². The number of nitrogens with one attached hydrogen (secondary N) is 1. The number of nitrogens with zero attached hydrogens (tertiary/aromatic N) is 4. The molecule has 1 aromatic heterocycles. The molecule has 0 atom stereocenters. The third kappa shape index (κ3) is 4.30. The molecule has 0 saturated heterocycles. The smallest absolute Gasteiger partial charge is 0.234 e. The van der Waals surface area contributed by atoms with E-state index in [1.54, 1.807) is 16.4 Å². The molecule has 7 heteroatoms. The number of carbonyl (C=O) groups excluding carboxylic acids is 1. The fourth-order valence-electron chi connectivity index (χ4n) is 1.85. The van der Waals surface area contributed by atoms with Crippen LogP contribution in [0.5, 0.6) is 0 Å². The molecular weight excluding hydrogens is 298 g/mol. The molecule has 2 rings (SSSR count). The van der Waals surface area contributed by atoms with Gasteiger partial charge in [-0.1, -0.05) is 39.8 Å². The lowest BCUT2D eigenvalue weighted by molar-refractivity contribution is -0.113. The first kappa shape index (κ1) is 16.5. The first-order valence-electron chi connectivity index (χ1n) is 7.21. The molecule has 0 unspecified atom stereocenters. The Bertz CT molecular complexity index is 647. The van der Waals surface area contributed by atoms with Gasteiger partial charge >= 0.3 is 0 Å². The van der Waals surface area contributed by atoms with Gasteiger partial charge in [0.05, 0.1) is 17.1 Å². The number of para-hydroxylation sites is 2. The lowest BCUT2D eigenvalue weighted by atomic mass is 10.2. The Hall–Kier alpha value is -1.89. The summed E-state index contributed by atoms with van der Waals surface area (Å²) in [6.07, 6.45) is 0.717. The Morgan fingerprint density at radius 1 is 1.32 bits per heavy atom. The number of aryl methyl sites for hydroxylation is 1. The summed E-state index contributed by atoms with van der Waals surface area (Å²) in [5.74, 6) is 1.14. The molecule has 0 aliphatic rings. The summed E-state index contributed by atoms with van der Waals surface area (Å²) < 4.78 is 1.72. The number of rotatable bonds is 5. The zero-order chi connectivity index (χ0) is 16.2. The quantitative estimate of drug-likeness (QED) is 0.917. The molecule has 1 aromatic carbocycles. The highest BCUT2D eigenvalue weighted by molar-refractivity contribution is 8.01. The predicted octanol–water partition coefficient (Wildman–Crippen LogP) is 2.69. The summed E-state index contributed by atoms with van der Waals surface area (Å²) in [6.45, 7) is 8.26. The minimum Gasteiger partial charge on any atom is -0.323 e. The van der Waals surface area contributed by atoms with Crippen molar-refractivity contribution in [1.29, 1.82) is 0 Å². The van der Waals surface area contributed by atoms with Crippen LogP contribution in [0.25, 0.3) is 5.69 Å². The number of hydrogen-bond acceptors (Lipinski definition) is 5. The largest absolute Gasteiger partial charge is 0.323 e. The van der Waals surface area contributed by atoms with Crippen molar-refractivity contribution in [2.24, 2.45) is 0 Å². The average molecular weight is 319 g/mol. The highest BCUT2D eigenvalue weighted by atomic mass is 32.2. The van der Waals surface area contributed by atoms with Crippen molar-refractivity contribution in [1.82, 2.24) is 20.2 Å². The molecule has 0 fully saturated rings. The van der Waals surface area contributed by atoms with E-state index in [0.717, 1.165) is 17.9 Å². The lowest BCUT2D eigenvalue weighted by Gasteiger charge is -2.17. The topological polar surface area (TPSA) is 72.7 Å². The number of tetrazole rings is 1. The fourth-order valence-corrected chi connectivity index (χ4v) is 2.48. The zero-order valence-electron chi connectivity index (χ0n) is 13.3. The van der Waals surface area contributed by atoms with Crippen LogP contribution in [0.4, 0.5) is 5.69 Å². The van der Waals surface area contributed by atoms with Gasteiger partial charge in [0.15, 0.2) is 5.82 Å². The maximum Gasteiger partial charge on any atom is 0.234 e. The number of aromatic nitrogens is 4. The van der Waals surface area contributed by atoms with E-state index in [2.05, 4.69) is 41.6 Å². The molecule has 0 saturated carbocycles. The number of amides is 1. The van der Waals surface area contributed by atoms with Crippen molar-refractivity contribution in [2.75, 3.05) is 11.1 Å². The van der Waals surface area contributed by atoms with Gasteiger partial charge in [-0.15, -0.1) is 16.9 Å². The zero-order valence-corrected chi connectivity index (χ0v) is 14.1. The average Bonchev–Trinajstić information content (AvgIpc) is 2.93. The molecule has 6 nitrogen and oxygen atoms in total. The molecule has 0 aliphatic carbocycles. The van der Waals surface area contributed by atoms with E-state index in [-0.39, 0.29) is 10.7 Å². The van der Waals surface area contributed by atoms with Crippen molar-refractivity contribution in [3.8, 4) is 5.69 Å². The third-order valence-corrected chi connectivity index (χ3v) is 4.17. The van der Waals surface area contributed by atoms with Gasteiger partial charge in [-0.05, 0) is 22.6 Å². The van der Waals surface area contributed by atoms with Gasteiger partial charge in [-0.3, -0.25) is 4.79 Å². The van der Waals surface area contributed by atoms with E-state index in [1.165, 1.54) is 0 Å². The second-order valence-electron chi connectivity index (χ2n) is 5.83. The molecular formula is C15H21N5OS. The molecule has 0 radical (unpaired) electrons. The monoisotopic (exact) mass is 319 g/mol. The molecule has 1 amide bonds. The summed E-state index contributed by atoms with van der Waals surface area (Å²) in [6, 6.07) is 7.53. The van der Waals surface area contributed by atoms with E-state index in [1.807, 2.05) is 31.2 Å². The van der Waals surface area contributed by atoms with Crippen LogP contribution in [0.2, 0.25) is 0 Å². The Kier molecular flexibility index (Phi) is 5.18. The highest BCUT2D eigenvalue weighted by Gasteiger charge is 2.16. The summed E-state index contributed by atoms with van der Waals surface area (Å²) in [7, 11) is 0. The van der Waals surface area contributed by atoms with Gasteiger partial charge in [-0.2, -0.15) is 4.68 Å². The molecule has 1 N–H and O–H groups in total. The van der Waals surface area contributed by atoms with Crippen LogP contribution in [0, 0.1) is 0 Å². The Morgan fingerprint density at radius 2 is 2.05 bits per heavy atom. The molecule has 22 heavy (non-hydrogen) atoms. The summed E-state index contributed by atoms with van der Waals surface area (Å²) in [5, 5.41) is 14.6. The SMILES string of the molecule is CCc1nnnn1-c1ccccc1NC(=O)CSC(C)(C)C. The molecule has 0 bridgehead atoms. The van der Waals surface area contributed by atoms with Gasteiger partial charge in [0.1, 0.15) is 0 Å². The van der Waals surface area contributed by atoms with Crippen LogP contribution in [0.1, 0.15) is 33.5 Å². The Morgan fingerprint density at radius 3 is 2.73 bits per heavy atom. The standard InChI is InChI=1S/C15H21N5OS/c1-5-13-17-18-19-20(13)12-9-7-6-8-11(12)16-14(21)10-22-15(2,3)4/h6-9H,5,10H2,1-4H3,(H,16,21). The first-order chi connectivity index (χ1) is 10.4. The summed E-state index contributed by atoms with van der Waals surface area (Å²) in [4.78, 5) is 12.1. The molecule has 0 aliphatic heterocycles. The normalized spacial score (nSPS) is 11.5. The minimum atomic E-state index is -0.0292. The van der Waals surface area contributed by atoms with Gasteiger partial charge in [0, 0.05) is 11.2 Å². The number of carbonyl (C=O) groups is 1. The first-order valence-corrected chi connectivity index (χ1v) is 8.19. The number of benzene rings is 1. The van der Waals surface area contributed by atoms with Crippen LogP contribution in [-0.4, -0.2) is 36.6 Å². The van der Waals surface area contributed by atoms with Crippen LogP contribution in [-0.2, 0) is 11.2 Å². The van der Waals surface area contributed by atoms with E-state index in [0.29, 0.717) is 11.4 Å². The Balaban J connectivity index is 2.17. The maximum absolute atomic E-state index is 12.1. The van der Waals surface area contributed by atoms with Crippen LogP contribution >= 0.6 is 11.8 Å². The van der Waals surface area contributed by atoms with Crippen LogP contribution in [0.15, 0.2) is 24.3 Å². The van der Waals surface area contributed by atoms with E-state index in [4.69, 9.17) is 0 Å². The molecule has 118 valence electrons. The Labute approximate surface area is 134 Å². The number of thioether (sulfide) groups is 1. The van der Waals surface area contributed by atoms with Gasteiger partial charge in [-0.25, -0.2) is 0 Å². The second-order valence-corrected chi connectivity index (χ2v) is 7.63. The molecule has 2 aromatic rings. The minimum absolute atomic E-state index is 0.0292. The maximum atomic E-state index is 12.1. The van der Waals surface area contributed by atoms with E-state index < -0.39 is 0 Å². The third-order valence-electron chi connectivity index (χ3n) is 2.89. The molecule has 1 heterocycles. The lowest BCUT2D eigenvalue weighted by Crippen LogP contribution is -2.20. The van der Waals surface area contributed by atoms with Gasteiger partial charge in [0.25, 0.3) is 0 Å². The molecule has 0 spiro atoms. The van der Waals surface area contributed by atoms with Crippen LogP contribution < -0.4 is 5.32 Å². The predicted molar refractivity (Wildman–Crippen MR) is 89.4 cm³/mol. The second kappa shape index (κ2) is 6.91. The van der Waals surface area contributed by atoms with E-state index in [9.17, 15) is 4.79 Å². The fraction of sp³-hybridized carbons (Fsp3) is 0.467. The van der Waals surface area contributed by atoms with Crippen LogP contribution in [0.3, 0.4) is 0 Å². The number of hydrogen-bond donors (Lipinski definition) is 1. The van der Waals surface area contributed by atoms with Crippen molar-refractivity contribution >= 4 is 23.4 Å². The van der Waals surface area contributed by atoms with E-state index >= 15 is 0 Å². The highest BCUT2D eigenvalue weighted by Crippen LogP contribution is 2.24. The van der Waals surface area contributed by atoms with Gasteiger partial charge < -0.3 is 5.32 Å². The number of anilines is 1. The van der Waals surface area contributed by atoms with Crippen molar-refractivity contribution in [3.63, 3.8) is 0 Å². The summed E-state index contributed by atoms with van der Waals surface area (Å²) >= 11 is 1.61. The van der Waals surface area contributed by atoms with Gasteiger partial charge in [0.2, 0.25) is 5.91 Å². The van der Waals surface area contributed by atoms with Crippen molar-refractivity contribution in [3.05, 3.63) is 30.1 Å². The summed E-state index contributed by atoms with van der Waals surface area (Å²) in [5.41, 5.74) is 1.49. The van der Waals surface area contributed by atoms with Crippen molar-refractivity contribution in [2.45, 2.75) is 38.9 Å².